The van der Waals surface area contributed by atoms with Crippen LogP contribution in [0.3, 0.4) is 0 Å². The number of nitrogens with zero attached hydrogens (tertiary/aromatic N) is 4. The zero-order chi connectivity index (χ0) is 19.7. The van der Waals surface area contributed by atoms with Crippen LogP contribution in [0.4, 0.5) is 28.7 Å². The van der Waals surface area contributed by atoms with Gasteiger partial charge in [-0.2, -0.15) is 5.11 Å². The predicted octanol–water partition coefficient (Wildman–Crippen LogP) is 5.19. The third-order valence-electron chi connectivity index (χ3n) is 4.28. The van der Waals surface area contributed by atoms with Crippen molar-refractivity contribution in [2.45, 2.75) is 6.92 Å². The fraction of sp³-hybridized carbons (Fsp3) is 0.100. The number of hydrogen-bond donors (Lipinski definition) is 3. The smallest absolute Gasteiger partial charge is 0.153 e. The van der Waals surface area contributed by atoms with Crippen molar-refractivity contribution in [1.29, 1.82) is 0 Å². The van der Waals surface area contributed by atoms with Gasteiger partial charge >= 0.3 is 0 Å². The highest BCUT2D eigenvalue weighted by Gasteiger charge is 2.09. The lowest BCUT2D eigenvalue weighted by Gasteiger charge is -2.09. The molecule has 2 aromatic heterocycles. The molecule has 156 valence electrons. The number of nitrogens with two attached hydrogens (primary N) is 3. The molecule has 0 aliphatic rings. The molecule has 4 rings (SSSR count). The molecule has 0 aliphatic heterocycles. The number of benzene rings is 2. The SMILES string of the molecule is CCOc1ccc2nc3cc(N=Nc4ccc(N)nc4N)ccc3c(N)c2c1.Cl.Cl. The number of fused-ring (bicyclic) bond motifs is 2. The standard InChI is InChI=1S/C20H19N7O.2ClH/c1-2-28-12-4-6-15-14(10-12)19(22)13-5-3-11(9-17(13)24-15)26-27-16-7-8-18(21)25-20(16)23;;/h3-10H,2H2,1H3,(H2,22,24)(H4,21,23,25);2*1H. The van der Waals surface area contributed by atoms with Crippen LogP contribution in [0, 0.1) is 0 Å². The van der Waals surface area contributed by atoms with E-state index in [4.69, 9.17) is 26.9 Å². The van der Waals surface area contributed by atoms with Crippen LogP contribution in [-0.2, 0) is 0 Å². The van der Waals surface area contributed by atoms with Gasteiger partial charge in [0, 0.05) is 10.8 Å². The summed E-state index contributed by atoms with van der Waals surface area (Å²) in [6, 6.07) is 14.5. The number of halogens is 2. The largest absolute Gasteiger partial charge is 0.494 e. The van der Waals surface area contributed by atoms with Crippen molar-refractivity contribution in [2.75, 3.05) is 23.8 Å². The second kappa shape index (κ2) is 9.43. The quantitative estimate of drug-likeness (QED) is 0.291. The van der Waals surface area contributed by atoms with E-state index < -0.39 is 0 Å². The molecule has 0 radical (unpaired) electrons. The minimum Gasteiger partial charge on any atom is -0.494 e. The van der Waals surface area contributed by atoms with Gasteiger partial charge in [0.15, 0.2) is 5.82 Å². The Morgan fingerprint density at radius 1 is 0.833 bits per heavy atom. The van der Waals surface area contributed by atoms with Crippen molar-refractivity contribution >= 4 is 75.3 Å². The molecule has 30 heavy (non-hydrogen) atoms. The normalized spacial score (nSPS) is 10.7. The van der Waals surface area contributed by atoms with E-state index >= 15 is 0 Å². The zero-order valence-electron chi connectivity index (χ0n) is 16.1. The molecule has 2 heterocycles. The molecular formula is C20H21Cl2N7O. The van der Waals surface area contributed by atoms with Crippen molar-refractivity contribution in [3.8, 4) is 5.75 Å². The Bertz CT molecular complexity index is 1230. The summed E-state index contributed by atoms with van der Waals surface area (Å²) in [7, 11) is 0. The van der Waals surface area contributed by atoms with Gasteiger partial charge < -0.3 is 21.9 Å². The van der Waals surface area contributed by atoms with Crippen LogP contribution in [0.1, 0.15) is 6.92 Å². The molecule has 0 saturated carbocycles. The summed E-state index contributed by atoms with van der Waals surface area (Å²) in [5.74, 6) is 1.33. The van der Waals surface area contributed by atoms with E-state index in [2.05, 4.69) is 15.2 Å². The Morgan fingerprint density at radius 2 is 1.63 bits per heavy atom. The van der Waals surface area contributed by atoms with E-state index in [0.29, 0.717) is 29.5 Å². The van der Waals surface area contributed by atoms with Gasteiger partial charge in [-0.25, -0.2) is 9.97 Å². The summed E-state index contributed by atoms with van der Waals surface area (Å²) >= 11 is 0. The van der Waals surface area contributed by atoms with Crippen molar-refractivity contribution in [3.63, 3.8) is 0 Å². The Morgan fingerprint density at radius 3 is 2.37 bits per heavy atom. The molecule has 0 bridgehead atoms. The van der Waals surface area contributed by atoms with Gasteiger partial charge in [0.1, 0.15) is 17.3 Å². The first kappa shape index (κ1) is 22.9. The molecule has 0 fully saturated rings. The Hall–Kier alpha value is -3.36. The maximum Gasteiger partial charge on any atom is 0.153 e. The summed E-state index contributed by atoms with van der Waals surface area (Å²) in [6.07, 6.45) is 0. The van der Waals surface area contributed by atoms with Gasteiger partial charge in [-0.3, -0.25) is 0 Å². The van der Waals surface area contributed by atoms with Crippen LogP contribution >= 0.6 is 24.8 Å². The second-order valence-corrected chi connectivity index (χ2v) is 6.18. The molecule has 2 aromatic carbocycles. The van der Waals surface area contributed by atoms with Gasteiger partial charge in [-0.1, -0.05) is 0 Å². The minimum absolute atomic E-state index is 0. The average Bonchev–Trinajstić information content (AvgIpc) is 2.68. The third-order valence-corrected chi connectivity index (χ3v) is 4.28. The summed E-state index contributed by atoms with van der Waals surface area (Å²) in [5.41, 5.74) is 21.0. The molecule has 10 heteroatoms. The first-order valence-electron chi connectivity index (χ1n) is 8.74. The van der Waals surface area contributed by atoms with E-state index in [1.165, 1.54) is 0 Å². The van der Waals surface area contributed by atoms with Crippen molar-refractivity contribution in [2.24, 2.45) is 10.2 Å². The number of rotatable bonds is 4. The summed E-state index contributed by atoms with van der Waals surface area (Å²) < 4.78 is 5.56. The van der Waals surface area contributed by atoms with Crippen LogP contribution in [-0.4, -0.2) is 16.6 Å². The minimum atomic E-state index is 0. The average molecular weight is 446 g/mol. The lowest BCUT2D eigenvalue weighted by molar-refractivity contribution is 0.341. The molecule has 4 aromatic rings. The fourth-order valence-electron chi connectivity index (χ4n) is 2.94. The molecular weight excluding hydrogens is 425 g/mol. The zero-order valence-corrected chi connectivity index (χ0v) is 17.7. The van der Waals surface area contributed by atoms with Crippen molar-refractivity contribution in [1.82, 2.24) is 9.97 Å². The first-order chi connectivity index (χ1) is 13.5. The van der Waals surface area contributed by atoms with Crippen molar-refractivity contribution in [3.05, 3.63) is 48.5 Å². The number of aromatic nitrogens is 2. The molecule has 6 N–H and O–H groups in total. The predicted molar refractivity (Wildman–Crippen MR) is 127 cm³/mol. The lowest BCUT2D eigenvalue weighted by atomic mass is 10.1. The number of hydrogen-bond acceptors (Lipinski definition) is 8. The van der Waals surface area contributed by atoms with E-state index in [0.717, 1.165) is 27.6 Å². The topological polar surface area (TPSA) is 138 Å². The molecule has 0 atom stereocenters. The number of anilines is 3. The van der Waals surface area contributed by atoms with Crippen LogP contribution < -0.4 is 21.9 Å². The van der Waals surface area contributed by atoms with Crippen LogP contribution in [0.5, 0.6) is 5.75 Å². The Balaban J connectivity index is 0.00000160. The van der Waals surface area contributed by atoms with Gasteiger partial charge in [0.2, 0.25) is 0 Å². The van der Waals surface area contributed by atoms with Gasteiger partial charge in [-0.15, -0.1) is 29.9 Å². The number of azo groups is 1. The molecule has 0 amide bonds. The monoisotopic (exact) mass is 445 g/mol. The van der Waals surface area contributed by atoms with Crippen molar-refractivity contribution < 1.29 is 4.74 Å². The Kier molecular flexibility index (Phi) is 7.20. The summed E-state index contributed by atoms with van der Waals surface area (Å²) in [4.78, 5) is 8.66. The highest BCUT2D eigenvalue weighted by Crippen LogP contribution is 2.33. The molecule has 0 unspecified atom stereocenters. The number of pyridine rings is 2. The van der Waals surface area contributed by atoms with Gasteiger partial charge in [0.25, 0.3) is 0 Å². The number of ether oxygens (including phenoxy) is 1. The lowest BCUT2D eigenvalue weighted by Crippen LogP contribution is -1.95. The van der Waals surface area contributed by atoms with E-state index in [-0.39, 0.29) is 30.6 Å². The maximum atomic E-state index is 6.38. The van der Waals surface area contributed by atoms with E-state index in [1.807, 2.05) is 43.3 Å². The fourth-order valence-corrected chi connectivity index (χ4v) is 2.94. The van der Waals surface area contributed by atoms with Crippen LogP contribution in [0.15, 0.2) is 58.8 Å². The summed E-state index contributed by atoms with van der Waals surface area (Å²) in [6.45, 7) is 2.53. The molecule has 8 nitrogen and oxygen atoms in total. The highest BCUT2D eigenvalue weighted by atomic mass is 35.5. The van der Waals surface area contributed by atoms with Crippen LogP contribution in [0.25, 0.3) is 21.8 Å². The number of nitrogen functional groups attached to an aromatic ring is 3. The third kappa shape index (κ3) is 4.45. The highest BCUT2D eigenvalue weighted by molar-refractivity contribution is 6.07. The van der Waals surface area contributed by atoms with E-state index in [1.54, 1.807) is 12.1 Å². The molecule has 0 spiro atoms. The van der Waals surface area contributed by atoms with Gasteiger partial charge in [-0.05, 0) is 55.5 Å². The van der Waals surface area contributed by atoms with Crippen LogP contribution in [0.2, 0.25) is 0 Å². The molecule has 0 aliphatic carbocycles. The maximum absolute atomic E-state index is 6.38. The van der Waals surface area contributed by atoms with E-state index in [9.17, 15) is 0 Å². The molecule has 0 saturated heterocycles. The summed E-state index contributed by atoms with van der Waals surface area (Å²) in [5, 5.41) is 10.1. The second-order valence-electron chi connectivity index (χ2n) is 6.18. The van der Waals surface area contributed by atoms with Gasteiger partial charge in [0.05, 0.1) is 29.0 Å². The first-order valence-corrected chi connectivity index (χ1v) is 8.74. The Labute approximate surface area is 185 Å².